The fourth-order valence-electron chi connectivity index (χ4n) is 1.63. The molecule has 1 aromatic carbocycles. The van der Waals surface area contributed by atoms with Crippen LogP contribution in [0.5, 0.6) is 0 Å². The molecule has 0 spiro atoms. The Morgan fingerprint density at radius 2 is 2.05 bits per heavy atom. The van der Waals surface area contributed by atoms with E-state index in [-0.39, 0.29) is 17.7 Å². The number of rotatable bonds is 6. The first-order valence-electron chi connectivity index (χ1n) is 5.75. The Labute approximate surface area is 114 Å². The van der Waals surface area contributed by atoms with Gasteiger partial charge in [0, 0.05) is 30.7 Å². The van der Waals surface area contributed by atoms with Crippen LogP contribution in [0.1, 0.15) is 22.3 Å². The van der Waals surface area contributed by atoms with Gasteiger partial charge >= 0.3 is 5.97 Å². The number of amides is 1. The van der Waals surface area contributed by atoms with E-state index in [4.69, 9.17) is 10.2 Å². The zero-order chi connectivity index (χ0) is 15.3. The minimum absolute atomic E-state index is 0.000824. The molecule has 1 amide bonds. The van der Waals surface area contributed by atoms with E-state index in [2.05, 4.69) is 5.32 Å². The van der Waals surface area contributed by atoms with Gasteiger partial charge in [-0.15, -0.1) is 0 Å². The highest BCUT2D eigenvalue weighted by Gasteiger charge is 2.21. The maximum absolute atomic E-state index is 11.9. The van der Waals surface area contributed by atoms with Crippen molar-refractivity contribution in [2.75, 3.05) is 6.61 Å². The minimum atomic E-state index is -1.28. The molecule has 0 heterocycles. The van der Waals surface area contributed by atoms with Gasteiger partial charge in [0.25, 0.3) is 11.6 Å². The van der Waals surface area contributed by atoms with Gasteiger partial charge in [-0.1, -0.05) is 0 Å². The Balaban J connectivity index is 2.97. The molecule has 0 saturated carbocycles. The lowest BCUT2D eigenvalue weighted by molar-refractivity contribution is -0.384. The molecule has 0 bridgehead atoms. The van der Waals surface area contributed by atoms with Crippen LogP contribution < -0.4 is 5.32 Å². The van der Waals surface area contributed by atoms with Crippen LogP contribution >= 0.6 is 0 Å². The van der Waals surface area contributed by atoms with Gasteiger partial charge < -0.3 is 15.5 Å². The lowest BCUT2D eigenvalue weighted by atomic mass is 10.1. The average molecular weight is 282 g/mol. The first-order valence-corrected chi connectivity index (χ1v) is 5.75. The Kier molecular flexibility index (Phi) is 5.15. The molecule has 0 fully saturated rings. The number of hydrogen-bond acceptors (Lipinski definition) is 5. The van der Waals surface area contributed by atoms with Gasteiger partial charge in [0.1, 0.15) is 6.04 Å². The second kappa shape index (κ2) is 6.62. The highest BCUT2D eigenvalue weighted by molar-refractivity contribution is 5.97. The Morgan fingerprint density at radius 3 is 2.55 bits per heavy atom. The highest BCUT2D eigenvalue weighted by atomic mass is 16.6. The van der Waals surface area contributed by atoms with E-state index in [9.17, 15) is 19.7 Å². The normalized spacial score (nSPS) is 11.7. The third-order valence-electron chi connectivity index (χ3n) is 2.56. The van der Waals surface area contributed by atoms with Gasteiger partial charge in [-0.2, -0.15) is 0 Å². The molecule has 0 aromatic heterocycles. The number of carboxylic acids is 1. The Bertz CT molecular complexity index is 543. The molecule has 108 valence electrons. The van der Waals surface area contributed by atoms with Crippen molar-refractivity contribution in [2.24, 2.45) is 0 Å². The summed E-state index contributed by atoms with van der Waals surface area (Å²) in [6.45, 7) is 1.19. The van der Waals surface area contributed by atoms with Crippen molar-refractivity contribution in [1.29, 1.82) is 0 Å². The summed E-state index contributed by atoms with van der Waals surface area (Å²) >= 11 is 0. The average Bonchev–Trinajstić information content (AvgIpc) is 2.37. The van der Waals surface area contributed by atoms with Crippen molar-refractivity contribution in [2.45, 2.75) is 19.4 Å². The van der Waals surface area contributed by atoms with Gasteiger partial charge in [0.05, 0.1) is 4.92 Å². The summed E-state index contributed by atoms with van der Waals surface area (Å²) in [5.74, 6) is -2.02. The predicted molar refractivity (Wildman–Crippen MR) is 68.4 cm³/mol. The summed E-state index contributed by atoms with van der Waals surface area (Å²) in [6, 6.07) is 2.55. The minimum Gasteiger partial charge on any atom is -0.480 e. The number of non-ortho nitro benzene ring substituents is 1. The Hall–Kier alpha value is -2.48. The summed E-state index contributed by atoms with van der Waals surface area (Å²) < 4.78 is 0. The van der Waals surface area contributed by atoms with Crippen LogP contribution in [0.3, 0.4) is 0 Å². The SMILES string of the molecule is Cc1cc(C(=O)N[C@@H](CCO)C(=O)O)cc([N+](=O)[O-])c1. The van der Waals surface area contributed by atoms with Gasteiger partial charge in [0.2, 0.25) is 0 Å². The number of nitro benzene ring substituents is 1. The van der Waals surface area contributed by atoms with E-state index in [0.717, 1.165) is 6.07 Å². The monoisotopic (exact) mass is 282 g/mol. The zero-order valence-corrected chi connectivity index (χ0v) is 10.7. The number of aliphatic hydroxyl groups is 1. The lowest BCUT2D eigenvalue weighted by Crippen LogP contribution is -2.41. The van der Waals surface area contributed by atoms with Crippen LogP contribution in [0.4, 0.5) is 5.69 Å². The lowest BCUT2D eigenvalue weighted by Gasteiger charge is -2.13. The highest BCUT2D eigenvalue weighted by Crippen LogP contribution is 2.16. The van der Waals surface area contributed by atoms with Crippen LogP contribution in [0, 0.1) is 17.0 Å². The zero-order valence-electron chi connectivity index (χ0n) is 10.7. The molecule has 0 radical (unpaired) electrons. The topological polar surface area (TPSA) is 130 Å². The molecule has 0 saturated heterocycles. The number of nitro groups is 1. The molecule has 0 aliphatic heterocycles. The number of carbonyl (C=O) groups is 2. The van der Waals surface area contributed by atoms with Gasteiger partial charge in [-0.3, -0.25) is 14.9 Å². The maximum Gasteiger partial charge on any atom is 0.326 e. The van der Waals surface area contributed by atoms with Crippen LogP contribution in [-0.2, 0) is 4.79 Å². The van der Waals surface area contributed by atoms with E-state index < -0.39 is 29.4 Å². The van der Waals surface area contributed by atoms with E-state index in [0.29, 0.717) is 5.56 Å². The second-order valence-corrected chi connectivity index (χ2v) is 4.19. The van der Waals surface area contributed by atoms with Crippen LogP contribution in [-0.4, -0.2) is 39.7 Å². The first-order chi connectivity index (χ1) is 9.35. The summed E-state index contributed by atoms with van der Waals surface area (Å²) in [6.07, 6.45) is -0.144. The van der Waals surface area contributed by atoms with E-state index in [1.165, 1.54) is 12.1 Å². The van der Waals surface area contributed by atoms with Crippen molar-refractivity contribution in [3.05, 3.63) is 39.4 Å². The number of carboxylic acid groups (broad SMARTS) is 1. The van der Waals surface area contributed by atoms with Gasteiger partial charge in [-0.05, 0) is 18.6 Å². The van der Waals surface area contributed by atoms with Crippen LogP contribution in [0.2, 0.25) is 0 Å². The molecule has 1 atom stereocenters. The fraction of sp³-hybridized carbons (Fsp3) is 0.333. The number of benzene rings is 1. The van der Waals surface area contributed by atoms with Crippen molar-refractivity contribution >= 4 is 17.6 Å². The quantitative estimate of drug-likeness (QED) is 0.513. The van der Waals surface area contributed by atoms with Crippen molar-refractivity contribution < 1.29 is 24.7 Å². The summed E-state index contributed by atoms with van der Waals surface area (Å²) in [5, 5.41) is 30.5. The molecule has 0 aliphatic rings. The summed E-state index contributed by atoms with van der Waals surface area (Å²) in [5.41, 5.74) is 0.267. The first kappa shape index (κ1) is 15.6. The number of aliphatic hydroxyl groups excluding tert-OH is 1. The van der Waals surface area contributed by atoms with Crippen molar-refractivity contribution in [3.8, 4) is 0 Å². The third-order valence-corrected chi connectivity index (χ3v) is 2.56. The van der Waals surface area contributed by atoms with Crippen LogP contribution in [0.15, 0.2) is 18.2 Å². The van der Waals surface area contributed by atoms with Gasteiger partial charge in [-0.25, -0.2) is 4.79 Å². The van der Waals surface area contributed by atoms with E-state index in [1.807, 2.05) is 0 Å². The molecule has 0 aliphatic carbocycles. The summed E-state index contributed by atoms with van der Waals surface area (Å²) in [4.78, 5) is 32.8. The Morgan fingerprint density at radius 1 is 1.40 bits per heavy atom. The largest absolute Gasteiger partial charge is 0.480 e. The molecule has 8 heteroatoms. The van der Waals surface area contributed by atoms with Crippen LogP contribution in [0.25, 0.3) is 0 Å². The van der Waals surface area contributed by atoms with Crippen molar-refractivity contribution in [1.82, 2.24) is 5.32 Å². The number of nitrogens with one attached hydrogen (secondary N) is 1. The molecule has 3 N–H and O–H groups in total. The third kappa shape index (κ3) is 4.02. The van der Waals surface area contributed by atoms with E-state index in [1.54, 1.807) is 6.92 Å². The molecule has 0 unspecified atom stereocenters. The van der Waals surface area contributed by atoms with Crippen molar-refractivity contribution in [3.63, 3.8) is 0 Å². The standard InChI is InChI=1S/C12H14N2O6/c1-7-4-8(6-9(5-7)14(19)20)11(16)13-10(2-3-15)12(17)18/h4-6,10,15H,2-3H2,1H3,(H,13,16)(H,17,18)/t10-/m0/s1. The summed E-state index contributed by atoms with van der Waals surface area (Å²) in [7, 11) is 0. The molecule has 1 aromatic rings. The second-order valence-electron chi connectivity index (χ2n) is 4.19. The molecular weight excluding hydrogens is 268 g/mol. The maximum atomic E-state index is 11.9. The van der Waals surface area contributed by atoms with E-state index >= 15 is 0 Å². The number of nitrogens with zero attached hydrogens (tertiary/aromatic N) is 1. The fourth-order valence-corrected chi connectivity index (χ4v) is 1.63. The smallest absolute Gasteiger partial charge is 0.326 e. The number of aliphatic carboxylic acids is 1. The molecule has 20 heavy (non-hydrogen) atoms. The molecular formula is C12H14N2O6. The molecule has 8 nitrogen and oxygen atoms in total. The number of aryl methyl sites for hydroxylation is 1. The number of carbonyl (C=O) groups excluding carboxylic acids is 1. The molecule has 1 rings (SSSR count). The predicted octanol–water partition coefficient (Wildman–Crippen LogP) is 0.469. The van der Waals surface area contributed by atoms with Gasteiger partial charge in [0.15, 0.2) is 0 Å². The number of hydrogen-bond donors (Lipinski definition) is 3.